The number of nitrogens with zero attached hydrogens (tertiary/aromatic N) is 2. The van der Waals surface area contributed by atoms with Gasteiger partial charge in [-0.3, -0.25) is 10.1 Å². The molecule has 0 aliphatic carbocycles. The van der Waals surface area contributed by atoms with Crippen molar-refractivity contribution in [2.45, 2.75) is 16.7 Å². The van der Waals surface area contributed by atoms with Crippen LogP contribution in [0.1, 0.15) is 6.42 Å². The van der Waals surface area contributed by atoms with E-state index in [4.69, 9.17) is 16.3 Å². The highest BCUT2D eigenvalue weighted by Crippen LogP contribution is 2.38. The van der Waals surface area contributed by atoms with E-state index in [1.165, 1.54) is 11.4 Å². The topological polar surface area (TPSA) is 89.8 Å². The van der Waals surface area contributed by atoms with Crippen LogP contribution >= 0.6 is 22.9 Å². The van der Waals surface area contributed by atoms with Gasteiger partial charge in [0.1, 0.15) is 4.21 Å². The van der Waals surface area contributed by atoms with Gasteiger partial charge in [-0.2, -0.15) is 4.31 Å². The minimum absolute atomic E-state index is 0.110. The number of hydrogen-bond acceptors (Lipinski definition) is 6. The molecular weight excluding hydrogens is 316 g/mol. The Balaban J connectivity index is 2.30. The van der Waals surface area contributed by atoms with Crippen molar-refractivity contribution in [3.63, 3.8) is 0 Å². The lowest BCUT2D eigenvalue weighted by Gasteiger charge is -2.14. The van der Waals surface area contributed by atoms with Gasteiger partial charge in [0.15, 0.2) is 4.34 Å². The average molecular weight is 327 g/mol. The van der Waals surface area contributed by atoms with E-state index < -0.39 is 14.9 Å². The zero-order valence-electron chi connectivity index (χ0n) is 9.91. The number of sulfonamides is 1. The first-order valence-electron chi connectivity index (χ1n) is 5.33. The van der Waals surface area contributed by atoms with Crippen LogP contribution in [0, 0.1) is 10.1 Å². The quantitative estimate of drug-likeness (QED) is 0.620. The van der Waals surface area contributed by atoms with E-state index in [1.807, 2.05) is 0 Å². The van der Waals surface area contributed by atoms with Gasteiger partial charge in [0.2, 0.25) is 0 Å². The Morgan fingerprint density at radius 3 is 2.79 bits per heavy atom. The van der Waals surface area contributed by atoms with Crippen molar-refractivity contribution < 1.29 is 18.1 Å². The lowest BCUT2D eigenvalue weighted by Crippen LogP contribution is -2.29. The van der Waals surface area contributed by atoms with Crippen LogP contribution in [0.3, 0.4) is 0 Å². The summed E-state index contributed by atoms with van der Waals surface area (Å²) in [6, 6.07) is 1.00. The summed E-state index contributed by atoms with van der Waals surface area (Å²) < 4.78 is 30.7. The Labute approximate surface area is 118 Å². The van der Waals surface area contributed by atoms with E-state index in [-0.39, 0.29) is 26.9 Å². The molecule has 1 aliphatic rings. The summed E-state index contributed by atoms with van der Waals surface area (Å²) >= 11 is 6.38. The molecule has 2 rings (SSSR count). The minimum atomic E-state index is -3.73. The molecular formula is C9H11ClN2O5S2. The number of thiophene rings is 1. The van der Waals surface area contributed by atoms with E-state index in [1.54, 1.807) is 0 Å². The molecule has 1 unspecified atom stereocenters. The van der Waals surface area contributed by atoms with Crippen molar-refractivity contribution in [2.24, 2.45) is 0 Å². The summed E-state index contributed by atoms with van der Waals surface area (Å²) in [6.07, 6.45) is 0.469. The fraction of sp³-hybridized carbons (Fsp3) is 0.556. The summed E-state index contributed by atoms with van der Waals surface area (Å²) in [5, 5.41) is 10.7. The molecule has 1 aromatic rings. The van der Waals surface area contributed by atoms with E-state index in [9.17, 15) is 18.5 Å². The van der Waals surface area contributed by atoms with E-state index in [2.05, 4.69) is 0 Å². The third-order valence-electron chi connectivity index (χ3n) is 2.88. The fourth-order valence-corrected chi connectivity index (χ4v) is 5.13. The Morgan fingerprint density at radius 2 is 2.32 bits per heavy atom. The number of nitro groups is 1. The zero-order valence-corrected chi connectivity index (χ0v) is 12.3. The van der Waals surface area contributed by atoms with Gasteiger partial charge >= 0.3 is 0 Å². The molecule has 7 nitrogen and oxygen atoms in total. The minimum Gasteiger partial charge on any atom is -0.380 e. The molecule has 106 valence electrons. The van der Waals surface area contributed by atoms with Crippen LogP contribution < -0.4 is 0 Å². The molecule has 19 heavy (non-hydrogen) atoms. The second kappa shape index (κ2) is 5.33. The summed E-state index contributed by atoms with van der Waals surface area (Å²) in [5.74, 6) is 0. The molecule has 0 aromatic carbocycles. The molecule has 0 N–H and O–H groups in total. The molecule has 0 saturated carbocycles. The first-order valence-corrected chi connectivity index (χ1v) is 7.96. The van der Waals surface area contributed by atoms with Crippen molar-refractivity contribution in [2.75, 3.05) is 20.2 Å². The number of ether oxygens (including phenoxy) is 1. The molecule has 10 heteroatoms. The van der Waals surface area contributed by atoms with Crippen LogP contribution in [0.5, 0.6) is 0 Å². The van der Waals surface area contributed by atoms with Gasteiger partial charge in [0.05, 0.1) is 11.0 Å². The third-order valence-corrected chi connectivity index (χ3v) is 6.53. The Kier molecular flexibility index (Phi) is 4.11. The maximum Gasteiger partial charge on any atom is 0.300 e. The molecule has 1 atom stereocenters. The molecule has 1 aromatic heterocycles. The van der Waals surface area contributed by atoms with Crippen molar-refractivity contribution in [3.8, 4) is 0 Å². The van der Waals surface area contributed by atoms with Crippen molar-refractivity contribution in [1.82, 2.24) is 4.31 Å². The van der Waals surface area contributed by atoms with E-state index >= 15 is 0 Å². The first kappa shape index (κ1) is 14.7. The smallest absolute Gasteiger partial charge is 0.300 e. The van der Waals surface area contributed by atoms with Crippen molar-refractivity contribution >= 4 is 38.6 Å². The lowest BCUT2D eigenvalue weighted by atomic mass is 10.3. The summed E-state index contributed by atoms with van der Waals surface area (Å²) in [7, 11) is -2.21. The lowest BCUT2D eigenvalue weighted by molar-refractivity contribution is -0.384. The summed E-state index contributed by atoms with van der Waals surface area (Å²) in [6.45, 7) is 0.590. The predicted molar refractivity (Wildman–Crippen MR) is 70.2 cm³/mol. The van der Waals surface area contributed by atoms with Gasteiger partial charge in [-0.15, -0.1) is 11.3 Å². The molecule has 2 heterocycles. The molecule has 1 saturated heterocycles. The zero-order chi connectivity index (χ0) is 14.2. The first-order chi connectivity index (χ1) is 8.86. The molecule has 0 bridgehead atoms. The maximum absolute atomic E-state index is 12.3. The molecule has 1 aliphatic heterocycles. The number of hydrogen-bond donors (Lipinski definition) is 0. The molecule has 0 amide bonds. The van der Waals surface area contributed by atoms with Gasteiger partial charge in [-0.05, 0) is 6.42 Å². The van der Waals surface area contributed by atoms with Crippen LogP contribution in [0.25, 0.3) is 0 Å². The van der Waals surface area contributed by atoms with Crippen LogP contribution in [-0.4, -0.2) is 43.9 Å². The molecule has 0 spiro atoms. The predicted octanol–water partition coefficient (Wildman–Crippen LogP) is 1.72. The SMILES string of the molecule is COC1CCN(S(=O)(=O)c2cc([N+](=O)[O-])c(Cl)s2)C1. The second-order valence-electron chi connectivity index (χ2n) is 3.99. The Bertz CT molecular complexity index is 600. The van der Waals surface area contributed by atoms with Gasteiger partial charge in [-0.25, -0.2) is 8.42 Å². The van der Waals surface area contributed by atoms with Gasteiger partial charge < -0.3 is 4.74 Å². The van der Waals surface area contributed by atoms with E-state index in [0.29, 0.717) is 24.3 Å². The van der Waals surface area contributed by atoms with Crippen LogP contribution in [0.4, 0.5) is 5.69 Å². The fourth-order valence-electron chi connectivity index (χ4n) is 1.83. The number of halogens is 1. The average Bonchev–Trinajstić information content (AvgIpc) is 2.95. The van der Waals surface area contributed by atoms with Crippen molar-refractivity contribution in [3.05, 3.63) is 20.5 Å². The monoisotopic (exact) mass is 326 g/mol. The summed E-state index contributed by atoms with van der Waals surface area (Å²) in [5.41, 5.74) is -0.382. The number of methoxy groups -OCH3 is 1. The summed E-state index contributed by atoms with van der Waals surface area (Å²) in [4.78, 5) is 9.99. The standard InChI is InChI=1S/C9H11ClN2O5S2/c1-17-6-2-3-11(5-6)19(15,16)8-4-7(12(13)14)9(10)18-8/h4,6H,2-3,5H2,1H3. The normalized spacial score (nSPS) is 20.8. The number of rotatable bonds is 4. The highest BCUT2D eigenvalue weighted by atomic mass is 35.5. The van der Waals surface area contributed by atoms with Gasteiger partial charge in [-0.1, -0.05) is 11.6 Å². The van der Waals surface area contributed by atoms with E-state index in [0.717, 1.165) is 6.07 Å². The Hall–Kier alpha value is -0.740. The van der Waals surface area contributed by atoms with Crippen LogP contribution in [0.15, 0.2) is 10.3 Å². The second-order valence-corrected chi connectivity index (χ2v) is 7.81. The Morgan fingerprint density at radius 1 is 1.63 bits per heavy atom. The molecule has 0 radical (unpaired) electrons. The highest BCUT2D eigenvalue weighted by Gasteiger charge is 2.35. The molecule has 1 fully saturated rings. The highest BCUT2D eigenvalue weighted by molar-refractivity contribution is 7.91. The van der Waals surface area contributed by atoms with Crippen LogP contribution in [-0.2, 0) is 14.8 Å². The van der Waals surface area contributed by atoms with Crippen molar-refractivity contribution in [1.29, 1.82) is 0 Å². The largest absolute Gasteiger partial charge is 0.380 e. The van der Waals surface area contributed by atoms with Gasteiger partial charge in [0.25, 0.3) is 15.7 Å². The van der Waals surface area contributed by atoms with Crippen LogP contribution in [0.2, 0.25) is 4.34 Å². The third kappa shape index (κ3) is 2.75. The maximum atomic E-state index is 12.3. The van der Waals surface area contributed by atoms with Gasteiger partial charge in [0, 0.05) is 26.3 Å².